The SMILES string of the molecule is S=C(NCc1ccc(CN2CCCC2)cc1)NC1CCCCC1. The molecule has 23 heavy (non-hydrogen) atoms. The summed E-state index contributed by atoms with van der Waals surface area (Å²) in [7, 11) is 0. The third kappa shape index (κ3) is 5.47. The van der Waals surface area contributed by atoms with Gasteiger partial charge in [-0.1, -0.05) is 43.5 Å². The van der Waals surface area contributed by atoms with Gasteiger partial charge >= 0.3 is 0 Å². The quantitative estimate of drug-likeness (QED) is 0.807. The molecule has 0 radical (unpaired) electrons. The van der Waals surface area contributed by atoms with Crippen LogP contribution in [-0.2, 0) is 13.1 Å². The summed E-state index contributed by atoms with van der Waals surface area (Å²) in [6.07, 6.45) is 9.26. The molecule has 0 bridgehead atoms. The number of rotatable bonds is 5. The summed E-state index contributed by atoms with van der Waals surface area (Å²) in [6.45, 7) is 4.41. The molecule has 0 spiro atoms. The zero-order chi connectivity index (χ0) is 15.9. The second-order valence-corrected chi connectivity index (χ2v) is 7.37. The second kappa shape index (κ2) is 8.65. The first-order valence-electron chi connectivity index (χ1n) is 9.14. The molecule has 3 nitrogen and oxygen atoms in total. The highest BCUT2D eigenvalue weighted by molar-refractivity contribution is 7.80. The molecule has 0 amide bonds. The van der Waals surface area contributed by atoms with Crippen LogP contribution in [0.15, 0.2) is 24.3 Å². The van der Waals surface area contributed by atoms with Crippen molar-refractivity contribution in [1.29, 1.82) is 0 Å². The Morgan fingerprint density at radius 1 is 0.957 bits per heavy atom. The van der Waals surface area contributed by atoms with Crippen molar-refractivity contribution in [2.24, 2.45) is 0 Å². The van der Waals surface area contributed by atoms with Crippen molar-refractivity contribution < 1.29 is 0 Å². The van der Waals surface area contributed by atoms with Gasteiger partial charge in [0.05, 0.1) is 0 Å². The van der Waals surface area contributed by atoms with Gasteiger partial charge in [-0.25, -0.2) is 0 Å². The van der Waals surface area contributed by atoms with E-state index >= 15 is 0 Å². The van der Waals surface area contributed by atoms with E-state index in [9.17, 15) is 0 Å². The van der Waals surface area contributed by atoms with Crippen molar-refractivity contribution >= 4 is 17.3 Å². The molecule has 126 valence electrons. The molecule has 1 saturated heterocycles. The minimum absolute atomic E-state index is 0.576. The predicted octanol–water partition coefficient (Wildman–Crippen LogP) is 3.58. The summed E-state index contributed by atoms with van der Waals surface area (Å²) in [4.78, 5) is 2.54. The third-order valence-electron chi connectivity index (χ3n) is 5.02. The molecule has 1 saturated carbocycles. The highest BCUT2D eigenvalue weighted by atomic mass is 32.1. The molecule has 0 aromatic heterocycles. The summed E-state index contributed by atoms with van der Waals surface area (Å²) in [5.41, 5.74) is 2.71. The molecule has 1 aromatic carbocycles. The monoisotopic (exact) mass is 331 g/mol. The lowest BCUT2D eigenvalue weighted by Crippen LogP contribution is -2.42. The van der Waals surface area contributed by atoms with Gasteiger partial charge < -0.3 is 10.6 Å². The Morgan fingerprint density at radius 2 is 1.61 bits per heavy atom. The molecule has 0 unspecified atom stereocenters. The number of hydrogen-bond acceptors (Lipinski definition) is 2. The van der Waals surface area contributed by atoms with Crippen LogP contribution in [0.2, 0.25) is 0 Å². The molecule has 1 aliphatic heterocycles. The number of likely N-dealkylation sites (tertiary alicyclic amines) is 1. The Morgan fingerprint density at radius 3 is 2.30 bits per heavy atom. The van der Waals surface area contributed by atoms with E-state index in [0.717, 1.165) is 18.2 Å². The lowest BCUT2D eigenvalue weighted by molar-refractivity contribution is 0.331. The molecule has 1 aromatic rings. The smallest absolute Gasteiger partial charge is 0.166 e. The van der Waals surface area contributed by atoms with Gasteiger partial charge in [0, 0.05) is 19.1 Å². The fourth-order valence-corrected chi connectivity index (χ4v) is 3.87. The van der Waals surface area contributed by atoms with Gasteiger partial charge in [-0.3, -0.25) is 4.90 Å². The van der Waals surface area contributed by atoms with Crippen LogP contribution in [0, 0.1) is 0 Å². The summed E-state index contributed by atoms with van der Waals surface area (Å²) < 4.78 is 0. The number of thiocarbonyl (C=S) groups is 1. The van der Waals surface area contributed by atoms with Crippen LogP contribution in [-0.4, -0.2) is 29.1 Å². The largest absolute Gasteiger partial charge is 0.360 e. The Hall–Kier alpha value is -1.13. The van der Waals surface area contributed by atoms with Crippen LogP contribution in [0.4, 0.5) is 0 Å². The van der Waals surface area contributed by atoms with Gasteiger partial charge in [-0.05, 0) is 62.1 Å². The Kier molecular flexibility index (Phi) is 6.29. The lowest BCUT2D eigenvalue weighted by atomic mass is 9.96. The third-order valence-corrected chi connectivity index (χ3v) is 5.28. The normalized spacial score (nSPS) is 19.7. The van der Waals surface area contributed by atoms with Crippen molar-refractivity contribution in [3.8, 4) is 0 Å². The molecule has 1 heterocycles. The van der Waals surface area contributed by atoms with Gasteiger partial charge in [-0.15, -0.1) is 0 Å². The Balaban J connectivity index is 1.40. The Labute approximate surface area is 145 Å². The summed E-state index contributed by atoms with van der Waals surface area (Å²) in [6, 6.07) is 9.54. The van der Waals surface area contributed by atoms with Crippen LogP contribution in [0.5, 0.6) is 0 Å². The first kappa shape index (κ1) is 16.7. The standard InChI is InChI=1S/C19H29N3S/c23-19(21-18-6-2-1-3-7-18)20-14-16-8-10-17(11-9-16)15-22-12-4-5-13-22/h8-11,18H,1-7,12-15H2,(H2,20,21,23). The maximum absolute atomic E-state index is 5.43. The minimum atomic E-state index is 0.576. The van der Waals surface area contributed by atoms with Crippen LogP contribution in [0.3, 0.4) is 0 Å². The fraction of sp³-hybridized carbons (Fsp3) is 0.632. The van der Waals surface area contributed by atoms with E-state index < -0.39 is 0 Å². The van der Waals surface area contributed by atoms with Gasteiger partial charge in [0.1, 0.15) is 0 Å². The molecular formula is C19H29N3S. The number of hydrogen-bond donors (Lipinski definition) is 2. The maximum atomic E-state index is 5.43. The number of benzene rings is 1. The average Bonchev–Trinajstić information content (AvgIpc) is 3.08. The average molecular weight is 332 g/mol. The molecule has 3 rings (SSSR count). The molecular weight excluding hydrogens is 302 g/mol. The van der Waals surface area contributed by atoms with E-state index in [1.165, 1.54) is 69.2 Å². The van der Waals surface area contributed by atoms with E-state index in [1.54, 1.807) is 0 Å². The van der Waals surface area contributed by atoms with Crippen molar-refractivity contribution in [2.45, 2.75) is 64.1 Å². The van der Waals surface area contributed by atoms with Crippen molar-refractivity contribution in [3.63, 3.8) is 0 Å². The number of nitrogens with zero attached hydrogens (tertiary/aromatic N) is 1. The topological polar surface area (TPSA) is 27.3 Å². The zero-order valence-electron chi connectivity index (χ0n) is 14.0. The minimum Gasteiger partial charge on any atom is -0.360 e. The van der Waals surface area contributed by atoms with Gasteiger partial charge in [-0.2, -0.15) is 0 Å². The summed E-state index contributed by atoms with van der Waals surface area (Å²) in [5.74, 6) is 0. The zero-order valence-corrected chi connectivity index (χ0v) is 14.8. The lowest BCUT2D eigenvalue weighted by Gasteiger charge is -2.24. The first-order valence-corrected chi connectivity index (χ1v) is 9.55. The molecule has 2 N–H and O–H groups in total. The Bertz CT molecular complexity index is 488. The van der Waals surface area contributed by atoms with E-state index in [2.05, 4.69) is 39.8 Å². The second-order valence-electron chi connectivity index (χ2n) is 6.96. The maximum Gasteiger partial charge on any atom is 0.166 e. The molecule has 2 aliphatic rings. The van der Waals surface area contributed by atoms with E-state index in [0.29, 0.717) is 6.04 Å². The summed E-state index contributed by atoms with van der Waals surface area (Å²) in [5, 5.41) is 7.61. The van der Waals surface area contributed by atoms with E-state index in [4.69, 9.17) is 12.2 Å². The van der Waals surface area contributed by atoms with Crippen LogP contribution >= 0.6 is 12.2 Å². The van der Waals surface area contributed by atoms with Crippen LogP contribution in [0.1, 0.15) is 56.1 Å². The molecule has 2 fully saturated rings. The van der Waals surface area contributed by atoms with E-state index in [-0.39, 0.29) is 0 Å². The first-order chi connectivity index (χ1) is 11.3. The molecule has 0 atom stereocenters. The number of nitrogens with one attached hydrogen (secondary N) is 2. The fourth-order valence-electron chi connectivity index (χ4n) is 3.63. The van der Waals surface area contributed by atoms with Crippen molar-refractivity contribution in [1.82, 2.24) is 15.5 Å². The molecule has 1 aliphatic carbocycles. The predicted molar refractivity (Wildman–Crippen MR) is 100 cm³/mol. The highest BCUT2D eigenvalue weighted by Crippen LogP contribution is 2.17. The molecule has 4 heteroatoms. The van der Waals surface area contributed by atoms with Gasteiger partial charge in [0.25, 0.3) is 0 Å². The van der Waals surface area contributed by atoms with Crippen molar-refractivity contribution in [3.05, 3.63) is 35.4 Å². The van der Waals surface area contributed by atoms with Crippen LogP contribution < -0.4 is 10.6 Å². The summed E-state index contributed by atoms with van der Waals surface area (Å²) >= 11 is 5.43. The van der Waals surface area contributed by atoms with Crippen molar-refractivity contribution in [2.75, 3.05) is 13.1 Å². The van der Waals surface area contributed by atoms with Gasteiger partial charge in [0.2, 0.25) is 0 Å². The highest BCUT2D eigenvalue weighted by Gasteiger charge is 2.14. The van der Waals surface area contributed by atoms with E-state index in [1.807, 2.05) is 0 Å². The van der Waals surface area contributed by atoms with Crippen LogP contribution in [0.25, 0.3) is 0 Å². The van der Waals surface area contributed by atoms with Gasteiger partial charge in [0.15, 0.2) is 5.11 Å².